The standard InChI is InChI=1S/C7H13NS/c1-7-3-6(4-7)9-5-8(7)2/h6H,3-5H2,1-2H3. The fourth-order valence-corrected chi connectivity index (χ4v) is 3.42. The van der Waals surface area contributed by atoms with Gasteiger partial charge in [-0.25, -0.2) is 0 Å². The van der Waals surface area contributed by atoms with E-state index in [4.69, 9.17) is 0 Å². The van der Waals surface area contributed by atoms with Crippen molar-refractivity contribution >= 4 is 11.8 Å². The lowest BCUT2D eigenvalue weighted by molar-refractivity contribution is 0.0664. The smallest absolute Gasteiger partial charge is 0.0449 e. The van der Waals surface area contributed by atoms with Crippen LogP contribution >= 0.6 is 11.8 Å². The Hall–Kier alpha value is 0.310. The highest BCUT2D eigenvalue weighted by Gasteiger charge is 2.47. The van der Waals surface area contributed by atoms with Gasteiger partial charge < -0.3 is 0 Å². The second-order valence-corrected chi connectivity index (χ2v) is 4.78. The number of hydrogen-bond acceptors (Lipinski definition) is 2. The van der Waals surface area contributed by atoms with Crippen molar-refractivity contribution in [1.29, 1.82) is 0 Å². The molecular weight excluding hydrogens is 130 g/mol. The Morgan fingerprint density at radius 1 is 1.56 bits per heavy atom. The summed E-state index contributed by atoms with van der Waals surface area (Å²) in [6.45, 7) is 2.38. The Morgan fingerprint density at radius 3 is 2.56 bits per heavy atom. The average molecular weight is 143 g/mol. The molecule has 0 aromatic rings. The largest absolute Gasteiger partial charge is 0.292 e. The van der Waals surface area contributed by atoms with Crippen molar-refractivity contribution in [3.63, 3.8) is 0 Å². The monoisotopic (exact) mass is 143 g/mol. The van der Waals surface area contributed by atoms with Crippen LogP contribution in [0.25, 0.3) is 0 Å². The van der Waals surface area contributed by atoms with Crippen molar-refractivity contribution in [3.05, 3.63) is 0 Å². The van der Waals surface area contributed by atoms with Crippen molar-refractivity contribution in [2.75, 3.05) is 12.9 Å². The van der Waals surface area contributed by atoms with Gasteiger partial charge in [-0.2, -0.15) is 0 Å². The first kappa shape index (κ1) is 6.05. The Kier molecular flexibility index (Phi) is 1.12. The quantitative estimate of drug-likeness (QED) is 0.506. The van der Waals surface area contributed by atoms with Gasteiger partial charge in [-0.1, -0.05) is 0 Å². The Morgan fingerprint density at radius 2 is 2.22 bits per heavy atom. The molecule has 0 amide bonds. The van der Waals surface area contributed by atoms with Gasteiger partial charge in [0.25, 0.3) is 0 Å². The first-order chi connectivity index (χ1) is 4.21. The first-order valence-corrected chi connectivity index (χ1v) is 4.58. The van der Waals surface area contributed by atoms with Gasteiger partial charge in [0, 0.05) is 16.7 Å². The summed E-state index contributed by atoms with van der Waals surface area (Å²) >= 11 is 2.12. The highest BCUT2D eigenvalue weighted by molar-refractivity contribution is 8.00. The van der Waals surface area contributed by atoms with Gasteiger partial charge in [0.1, 0.15) is 0 Å². The summed E-state index contributed by atoms with van der Waals surface area (Å²) in [7, 11) is 2.24. The molecule has 2 aliphatic heterocycles. The lowest BCUT2D eigenvalue weighted by Crippen LogP contribution is -2.59. The van der Waals surface area contributed by atoms with E-state index in [9.17, 15) is 0 Å². The van der Waals surface area contributed by atoms with E-state index in [1.54, 1.807) is 0 Å². The molecule has 0 N–H and O–H groups in total. The van der Waals surface area contributed by atoms with Gasteiger partial charge >= 0.3 is 0 Å². The molecule has 0 aromatic carbocycles. The maximum atomic E-state index is 2.48. The van der Waals surface area contributed by atoms with Crippen LogP contribution < -0.4 is 0 Å². The van der Waals surface area contributed by atoms with Gasteiger partial charge in [0.05, 0.1) is 0 Å². The Bertz CT molecular complexity index is 129. The molecule has 1 nitrogen and oxygen atoms in total. The van der Waals surface area contributed by atoms with Crippen molar-refractivity contribution in [2.45, 2.75) is 30.6 Å². The van der Waals surface area contributed by atoms with Gasteiger partial charge in [0.2, 0.25) is 0 Å². The molecule has 2 heterocycles. The zero-order valence-electron chi connectivity index (χ0n) is 6.05. The molecule has 0 spiro atoms. The summed E-state index contributed by atoms with van der Waals surface area (Å²) in [6, 6.07) is 0. The highest BCUT2D eigenvalue weighted by atomic mass is 32.2. The summed E-state index contributed by atoms with van der Waals surface area (Å²) in [5.41, 5.74) is 0.593. The summed E-state index contributed by atoms with van der Waals surface area (Å²) in [5, 5.41) is 1.01. The van der Waals surface area contributed by atoms with E-state index in [0.717, 1.165) is 5.25 Å². The van der Waals surface area contributed by atoms with Crippen LogP contribution in [0.15, 0.2) is 0 Å². The predicted octanol–water partition coefficient (Wildman–Crippen LogP) is 1.54. The first-order valence-electron chi connectivity index (χ1n) is 3.54. The molecule has 2 saturated heterocycles. The number of rotatable bonds is 0. The zero-order chi connectivity index (χ0) is 6.48. The van der Waals surface area contributed by atoms with Crippen LogP contribution in [0.3, 0.4) is 0 Å². The molecule has 3 fully saturated rings. The SMILES string of the molecule is CN1CSC2CC1(C)C2. The van der Waals surface area contributed by atoms with E-state index in [-0.39, 0.29) is 0 Å². The number of thioether (sulfide) groups is 1. The highest BCUT2D eigenvalue weighted by Crippen LogP contribution is 2.48. The number of nitrogens with zero attached hydrogens (tertiary/aromatic N) is 1. The van der Waals surface area contributed by atoms with Gasteiger partial charge in [-0.15, -0.1) is 11.8 Å². The third-order valence-electron chi connectivity index (χ3n) is 2.76. The molecule has 3 aliphatic rings. The molecule has 1 saturated carbocycles. The van der Waals surface area contributed by atoms with E-state index in [0.29, 0.717) is 5.54 Å². The minimum Gasteiger partial charge on any atom is -0.292 e. The normalized spacial score (nSPS) is 50.7. The minimum absolute atomic E-state index is 0.593. The van der Waals surface area contributed by atoms with Gasteiger partial charge in [-0.05, 0) is 26.8 Å². The van der Waals surface area contributed by atoms with Crippen LogP contribution in [0.1, 0.15) is 19.8 Å². The van der Waals surface area contributed by atoms with E-state index in [1.165, 1.54) is 18.7 Å². The average Bonchev–Trinajstić information content (AvgIpc) is 1.73. The fraction of sp³-hybridized carbons (Fsp3) is 1.00. The molecule has 0 atom stereocenters. The van der Waals surface area contributed by atoms with Crippen molar-refractivity contribution < 1.29 is 0 Å². The summed E-state index contributed by atoms with van der Waals surface area (Å²) < 4.78 is 0. The van der Waals surface area contributed by atoms with E-state index < -0.39 is 0 Å². The van der Waals surface area contributed by atoms with Crippen LogP contribution in [-0.2, 0) is 0 Å². The molecule has 0 aromatic heterocycles. The third-order valence-corrected chi connectivity index (χ3v) is 4.10. The van der Waals surface area contributed by atoms with Gasteiger partial charge in [0.15, 0.2) is 0 Å². The lowest BCUT2D eigenvalue weighted by atomic mass is 9.77. The third kappa shape index (κ3) is 0.729. The summed E-state index contributed by atoms with van der Waals surface area (Å²) in [4.78, 5) is 2.48. The Labute approximate surface area is 60.8 Å². The van der Waals surface area contributed by atoms with Crippen LogP contribution in [0, 0.1) is 0 Å². The van der Waals surface area contributed by atoms with Crippen LogP contribution in [0.5, 0.6) is 0 Å². The van der Waals surface area contributed by atoms with Gasteiger partial charge in [-0.3, -0.25) is 4.90 Å². The fourth-order valence-electron chi connectivity index (χ4n) is 1.72. The van der Waals surface area contributed by atoms with Crippen LogP contribution in [0.4, 0.5) is 0 Å². The molecule has 3 rings (SSSR count). The van der Waals surface area contributed by atoms with E-state index >= 15 is 0 Å². The van der Waals surface area contributed by atoms with Crippen LogP contribution in [0.2, 0.25) is 0 Å². The molecule has 2 heteroatoms. The molecule has 1 aliphatic carbocycles. The second kappa shape index (κ2) is 1.67. The van der Waals surface area contributed by atoms with Crippen molar-refractivity contribution in [2.24, 2.45) is 0 Å². The summed E-state index contributed by atoms with van der Waals surface area (Å²) in [6.07, 6.45) is 2.85. The topological polar surface area (TPSA) is 3.24 Å². The number of hydrogen-bond donors (Lipinski definition) is 0. The maximum absolute atomic E-state index is 2.48. The molecule has 52 valence electrons. The molecule has 2 bridgehead atoms. The molecule has 9 heavy (non-hydrogen) atoms. The summed E-state index contributed by atoms with van der Waals surface area (Å²) in [5.74, 6) is 1.25. The minimum atomic E-state index is 0.593. The second-order valence-electron chi connectivity index (χ2n) is 3.52. The van der Waals surface area contributed by atoms with E-state index in [1.807, 2.05) is 0 Å². The zero-order valence-corrected chi connectivity index (χ0v) is 6.87. The van der Waals surface area contributed by atoms with E-state index in [2.05, 4.69) is 30.6 Å². The number of fused-ring (bicyclic) bond motifs is 2. The van der Waals surface area contributed by atoms with Crippen LogP contribution in [-0.4, -0.2) is 28.6 Å². The molecular formula is C7H13NS. The van der Waals surface area contributed by atoms with Crippen molar-refractivity contribution in [1.82, 2.24) is 4.90 Å². The molecule has 0 unspecified atom stereocenters. The lowest BCUT2D eigenvalue weighted by Gasteiger charge is -2.55. The maximum Gasteiger partial charge on any atom is 0.0449 e. The Balaban J connectivity index is 2.11. The predicted molar refractivity (Wildman–Crippen MR) is 41.6 cm³/mol. The molecule has 0 radical (unpaired) electrons. The van der Waals surface area contributed by atoms with Crippen molar-refractivity contribution in [3.8, 4) is 0 Å².